The van der Waals surface area contributed by atoms with Crippen molar-refractivity contribution >= 4 is 11.8 Å². The number of carbonyl (C=O) groups is 2. The lowest BCUT2D eigenvalue weighted by molar-refractivity contribution is -0.144. The second kappa shape index (κ2) is 7.51. The normalized spacial score (nSPS) is 24.1. The minimum atomic E-state index is -0.328. The van der Waals surface area contributed by atoms with Gasteiger partial charge in [-0.25, -0.2) is 0 Å². The van der Waals surface area contributed by atoms with E-state index in [0.717, 1.165) is 51.1 Å². The van der Waals surface area contributed by atoms with E-state index in [1.165, 1.54) is 24.8 Å². The molecule has 0 radical (unpaired) electrons. The number of piperidine rings is 1. The number of carbonyl (C=O) groups excluding carboxylic acids is 2. The Bertz CT molecular complexity index is 643. The molecule has 4 heteroatoms. The Morgan fingerprint density at radius 3 is 2.38 bits per heavy atom. The summed E-state index contributed by atoms with van der Waals surface area (Å²) < 4.78 is 0. The molecule has 2 saturated heterocycles. The number of hydrogen-bond donors (Lipinski definition) is 0. The second-order valence-corrected chi connectivity index (χ2v) is 8.52. The Morgan fingerprint density at radius 2 is 1.69 bits per heavy atom. The van der Waals surface area contributed by atoms with Gasteiger partial charge in [0.1, 0.15) is 0 Å². The summed E-state index contributed by atoms with van der Waals surface area (Å²) in [4.78, 5) is 29.1. The first-order chi connectivity index (χ1) is 12.7. The fourth-order valence-corrected chi connectivity index (χ4v) is 5.08. The van der Waals surface area contributed by atoms with E-state index in [2.05, 4.69) is 35.2 Å². The molecule has 1 saturated carbocycles. The maximum absolute atomic E-state index is 12.8. The van der Waals surface area contributed by atoms with E-state index in [1.807, 2.05) is 0 Å². The van der Waals surface area contributed by atoms with Crippen LogP contribution in [0.2, 0.25) is 0 Å². The maximum Gasteiger partial charge on any atom is 0.237 e. The van der Waals surface area contributed by atoms with Gasteiger partial charge in [0.05, 0.1) is 12.1 Å². The molecular formula is C22H30N2O2. The van der Waals surface area contributed by atoms with Gasteiger partial charge in [-0.2, -0.15) is 0 Å². The third-order valence-electron chi connectivity index (χ3n) is 6.78. The Kier molecular flexibility index (Phi) is 5.12. The molecule has 2 heterocycles. The van der Waals surface area contributed by atoms with Crippen molar-refractivity contribution in [3.05, 3.63) is 35.9 Å². The zero-order chi connectivity index (χ0) is 18.0. The number of hydrogen-bond acceptors (Lipinski definition) is 3. The van der Waals surface area contributed by atoms with Gasteiger partial charge in [0.15, 0.2) is 0 Å². The Balaban J connectivity index is 1.25. The molecule has 4 rings (SSSR count). The fourth-order valence-electron chi connectivity index (χ4n) is 5.08. The number of amides is 2. The van der Waals surface area contributed by atoms with Crippen LogP contribution in [0.1, 0.15) is 56.9 Å². The third kappa shape index (κ3) is 3.57. The van der Waals surface area contributed by atoms with Crippen molar-refractivity contribution in [3.8, 4) is 0 Å². The molecule has 3 aliphatic rings. The third-order valence-corrected chi connectivity index (χ3v) is 6.78. The summed E-state index contributed by atoms with van der Waals surface area (Å²) in [5, 5.41) is 0. The largest absolute Gasteiger partial charge is 0.286 e. The number of nitrogens with zero attached hydrogens (tertiary/aromatic N) is 2. The zero-order valence-electron chi connectivity index (χ0n) is 15.7. The van der Waals surface area contributed by atoms with E-state index in [9.17, 15) is 9.59 Å². The molecule has 26 heavy (non-hydrogen) atoms. The van der Waals surface area contributed by atoms with E-state index in [4.69, 9.17) is 0 Å². The van der Waals surface area contributed by atoms with E-state index in [-0.39, 0.29) is 17.2 Å². The van der Waals surface area contributed by atoms with Crippen LogP contribution in [0.15, 0.2) is 30.3 Å². The van der Waals surface area contributed by atoms with Crippen LogP contribution in [0.4, 0.5) is 0 Å². The Hall–Kier alpha value is -1.68. The lowest BCUT2D eigenvalue weighted by Crippen LogP contribution is -2.45. The molecule has 0 unspecified atom stereocenters. The van der Waals surface area contributed by atoms with Crippen molar-refractivity contribution < 1.29 is 9.59 Å². The van der Waals surface area contributed by atoms with Crippen molar-refractivity contribution in [2.45, 2.75) is 57.8 Å². The predicted octanol–water partition coefficient (Wildman–Crippen LogP) is 3.61. The minimum Gasteiger partial charge on any atom is -0.286 e. The first-order valence-electron chi connectivity index (χ1n) is 10.3. The van der Waals surface area contributed by atoms with Crippen LogP contribution < -0.4 is 0 Å². The van der Waals surface area contributed by atoms with Gasteiger partial charge in [-0.1, -0.05) is 43.2 Å². The highest BCUT2D eigenvalue weighted by molar-refractivity contribution is 6.06. The standard InChI is InChI=1S/C22H30N2O2/c25-20-16-22(12-4-5-13-22)21(26)24(20)17-23-14-10-19(11-15-23)9-8-18-6-2-1-3-7-18/h1-3,6-7,19H,4-5,8-17H2. The first-order valence-corrected chi connectivity index (χ1v) is 10.3. The topological polar surface area (TPSA) is 40.6 Å². The second-order valence-electron chi connectivity index (χ2n) is 8.52. The molecule has 3 fully saturated rings. The van der Waals surface area contributed by atoms with Gasteiger partial charge in [-0.05, 0) is 50.0 Å². The summed E-state index contributed by atoms with van der Waals surface area (Å²) in [5.74, 6) is 0.937. The highest BCUT2D eigenvalue weighted by Gasteiger charge is 2.52. The van der Waals surface area contributed by atoms with Crippen molar-refractivity contribution in [1.82, 2.24) is 9.80 Å². The molecule has 2 amide bonds. The lowest BCUT2D eigenvalue weighted by Gasteiger charge is -2.34. The van der Waals surface area contributed by atoms with E-state index in [0.29, 0.717) is 13.1 Å². The van der Waals surface area contributed by atoms with Gasteiger partial charge in [0.25, 0.3) is 0 Å². The van der Waals surface area contributed by atoms with E-state index < -0.39 is 0 Å². The monoisotopic (exact) mass is 354 g/mol. The van der Waals surface area contributed by atoms with Gasteiger partial charge < -0.3 is 0 Å². The average molecular weight is 354 g/mol. The quantitative estimate of drug-likeness (QED) is 0.759. The molecular weight excluding hydrogens is 324 g/mol. The number of imide groups is 1. The first kappa shape index (κ1) is 17.7. The summed E-state index contributed by atoms with van der Waals surface area (Å²) in [7, 11) is 0. The smallest absolute Gasteiger partial charge is 0.237 e. The van der Waals surface area contributed by atoms with Crippen LogP contribution in [0.25, 0.3) is 0 Å². The molecule has 0 atom stereocenters. The van der Waals surface area contributed by atoms with Crippen molar-refractivity contribution in [1.29, 1.82) is 0 Å². The molecule has 0 aromatic heterocycles. The van der Waals surface area contributed by atoms with Crippen molar-refractivity contribution in [2.24, 2.45) is 11.3 Å². The van der Waals surface area contributed by atoms with Gasteiger partial charge >= 0.3 is 0 Å². The average Bonchev–Trinajstić information content (AvgIpc) is 3.23. The van der Waals surface area contributed by atoms with E-state index in [1.54, 1.807) is 4.90 Å². The molecule has 0 N–H and O–H groups in total. The van der Waals surface area contributed by atoms with E-state index >= 15 is 0 Å². The van der Waals surface area contributed by atoms with Gasteiger partial charge in [-0.15, -0.1) is 0 Å². The minimum absolute atomic E-state index is 0.0584. The summed E-state index contributed by atoms with van der Waals surface area (Å²) in [6.45, 7) is 2.53. The molecule has 4 nitrogen and oxygen atoms in total. The summed E-state index contributed by atoms with van der Waals surface area (Å²) >= 11 is 0. The number of rotatable bonds is 5. The molecule has 1 aromatic carbocycles. The molecule has 1 spiro atoms. The SMILES string of the molecule is O=C1CC2(CCCC2)C(=O)N1CN1CCC(CCc2ccccc2)CC1. The van der Waals surface area contributed by atoms with Crippen molar-refractivity contribution in [2.75, 3.05) is 19.8 Å². The zero-order valence-corrected chi connectivity index (χ0v) is 15.7. The molecule has 1 aromatic rings. The van der Waals surface area contributed by atoms with Gasteiger partial charge in [-0.3, -0.25) is 19.4 Å². The predicted molar refractivity (Wildman–Crippen MR) is 101 cm³/mol. The summed E-state index contributed by atoms with van der Waals surface area (Å²) in [6.07, 6.45) is 9.21. The van der Waals surface area contributed by atoms with Crippen LogP contribution in [0, 0.1) is 11.3 Å². The van der Waals surface area contributed by atoms with Crippen LogP contribution in [-0.2, 0) is 16.0 Å². The fraction of sp³-hybridized carbons (Fsp3) is 0.636. The van der Waals surface area contributed by atoms with Crippen LogP contribution in [0.5, 0.6) is 0 Å². The highest BCUT2D eigenvalue weighted by Crippen LogP contribution is 2.46. The molecule has 140 valence electrons. The Morgan fingerprint density at radius 1 is 1.00 bits per heavy atom. The van der Waals surface area contributed by atoms with Gasteiger partial charge in [0.2, 0.25) is 11.8 Å². The lowest BCUT2D eigenvalue weighted by atomic mass is 9.84. The number of benzene rings is 1. The number of likely N-dealkylation sites (tertiary alicyclic amines) is 2. The maximum atomic E-state index is 12.8. The summed E-state index contributed by atoms with van der Waals surface area (Å²) in [5.41, 5.74) is 1.09. The molecule has 2 aliphatic heterocycles. The van der Waals surface area contributed by atoms with Crippen molar-refractivity contribution in [3.63, 3.8) is 0 Å². The number of aryl methyl sites for hydroxylation is 1. The van der Waals surface area contributed by atoms with Crippen LogP contribution in [0.3, 0.4) is 0 Å². The molecule has 0 bridgehead atoms. The molecule has 1 aliphatic carbocycles. The highest BCUT2D eigenvalue weighted by atomic mass is 16.2. The van der Waals surface area contributed by atoms with Crippen LogP contribution >= 0.6 is 0 Å². The Labute approximate surface area is 156 Å². The summed E-state index contributed by atoms with van der Waals surface area (Å²) in [6, 6.07) is 10.7. The van der Waals surface area contributed by atoms with Crippen LogP contribution in [-0.4, -0.2) is 41.4 Å². The van der Waals surface area contributed by atoms with Gasteiger partial charge in [0, 0.05) is 19.5 Å².